The molecule has 1 aromatic carbocycles. The molecule has 0 atom stereocenters. The van der Waals surface area contributed by atoms with E-state index in [1.54, 1.807) is 5.38 Å². The first-order valence-corrected chi connectivity index (χ1v) is 7.68. The number of carbonyl (C=O) groups excluding carboxylic acids is 2. The van der Waals surface area contributed by atoms with E-state index in [0.717, 1.165) is 12.1 Å². The van der Waals surface area contributed by atoms with Crippen molar-refractivity contribution in [2.45, 2.75) is 6.18 Å². The number of halogens is 4. The highest BCUT2D eigenvalue weighted by Gasteiger charge is 2.31. The maximum Gasteiger partial charge on any atom is 0.416 e. The van der Waals surface area contributed by atoms with Gasteiger partial charge in [-0.25, -0.2) is 9.80 Å². The summed E-state index contributed by atoms with van der Waals surface area (Å²) in [6.45, 7) is 0. The van der Waals surface area contributed by atoms with E-state index in [1.165, 1.54) is 23.5 Å². The van der Waals surface area contributed by atoms with Crippen molar-refractivity contribution in [2.75, 3.05) is 5.01 Å². The summed E-state index contributed by atoms with van der Waals surface area (Å²) in [4.78, 5) is 23.6. The van der Waals surface area contributed by atoms with Gasteiger partial charge in [0, 0.05) is 0 Å². The third-order valence-electron chi connectivity index (χ3n) is 2.73. The highest BCUT2D eigenvalue weighted by Crippen LogP contribution is 2.31. The van der Waals surface area contributed by atoms with Gasteiger partial charge in [-0.1, -0.05) is 6.07 Å². The van der Waals surface area contributed by atoms with Crippen LogP contribution in [0, 0.1) is 0 Å². The van der Waals surface area contributed by atoms with Gasteiger partial charge in [0.15, 0.2) is 0 Å². The molecule has 2 rings (SSSR count). The summed E-state index contributed by atoms with van der Waals surface area (Å²) in [5.74, 6) is -0.686. The predicted molar refractivity (Wildman–Crippen MR) is 83.0 cm³/mol. The third kappa shape index (κ3) is 4.02. The van der Waals surface area contributed by atoms with Crippen molar-refractivity contribution in [3.63, 3.8) is 0 Å². The van der Waals surface area contributed by atoms with Gasteiger partial charge in [0.1, 0.15) is 0 Å². The van der Waals surface area contributed by atoms with Crippen molar-refractivity contribution in [2.24, 2.45) is 5.73 Å². The lowest BCUT2D eigenvalue weighted by atomic mass is 10.2. The number of primary amides is 1. The number of urea groups is 1. The number of anilines is 1. The van der Waals surface area contributed by atoms with E-state index < -0.39 is 23.7 Å². The van der Waals surface area contributed by atoms with E-state index in [2.05, 4.69) is 21.4 Å². The minimum Gasteiger partial charge on any atom is -0.350 e. The monoisotopic (exact) mass is 407 g/mol. The van der Waals surface area contributed by atoms with Crippen LogP contribution < -0.4 is 16.2 Å². The third-order valence-corrected chi connectivity index (χ3v) is 4.41. The molecule has 0 saturated heterocycles. The van der Waals surface area contributed by atoms with Crippen LogP contribution in [-0.2, 0) is 6.18 Å². The van der Waals surface area contributed by atoms with Gasteiger partial charge in [-0.15, -0.1) is 11.3 Å². The number of thiophene rings is 1. The number of amides is 3. The van der Waals surface area contributed by atoms with Crippen molar-refractivity contribution in [3.8, 4) is 0 Å². The number of hydrazine groups is 1. The summed E-state index contributed by atoms with van der Waals surface area (Å²) in [5.41, 5.74) is 6.40. The topological polar surface area (TPSA) is 75.4 Å². The van der Waals surface area contributed by atoms with Crippen LogP contribution in [0.1, 0.15) is 15.9 Å². The summed E-state index contributed by atoms with van der Waals surface area (Å²) >= 11 is 4.40. The Balaban J connectivity index is 2.31. The molecule has 0 aliphatic carbocycles. The summed E-state index contributed by atoms with van der Waals surface area (Å²) in [7, 11) is 0. The maximum absolute atomic E-state index is 12.7. The van der Waals surface area contributed by atoms with Crippen LogP contribution >= 0.6 is 27.3 Å². The van der Waals surface area contributed by atoms with Gasteiger partial charge in [-0.2, -0.15) is 13.2 Å². The Hall–Kier alpha value is -2.07. The number of hydrogen-bond donors (Lipinski definition) is 2. The predicted octanol–water partition coefficient (Wildman–Crippen LogP) is 3.76. The van der Waals surface area contributed by atoms with Crippen LogP contribution in [-0.4, -0.2) is 11.9 Å². The summed E-state index contributed by atoms with van der Waals surface area (Å²) in [6, 6.07) is 4.27. The highest BCUT2D eigenvalue weighted by molar-refractivity contribution is 9.11. The molecule has 23 heavy (non-hydrogen) atoms. The van der Waals surface area contributed by atoms with Crippen molar-refractivity contribution in [1.29, 1.82) is 0 Å². The zero-order chi connectivity index (χ0) is 17.2. The fourth-order valence-electron chi connectivity index (χ4n) is 1.69. The molecule has 10 heteroatoms. The molecule has 3 N–H and O–H groups in total. The molecule has 122 valence electrons. The van der Waals surface area contributed by atoms with Gasteiger partial charge in [-0.05, 0) is 45.6 Å². The Morgan fingerprint density at radius 1 is 1.26 bits per heavy atom. The number of rotatable bonds is 2. The van der Waals surface area contributed by atoms with Gasteiger partial charge < -0.3 is 5.73 Å². The van der Waals surface area contributed by atoms with E-state index in [1.807, 2.05) is 0 Å². The van der Waals surface area contributed by atoms with Crippen LogP contribution in [0.15, 0.2) is 39.5 Å². The number of nitrogens with two attached hydrogens (primary N) is 1. The number of carbonyl (C=O) groups is 2. The smallest absolute Gasteiger partial charge is 0.350 e. The van der Waals surface area contributed by atoms with E-state index in [0.29, 0.717) is 14.9 Å². The number of nitrogens with zero attached hydrogens (tertiary/aromatic N) is 1. The van der Waals surface area contributed by atoms with Crippen molar-refractivity contribution in [1.82, 2.24) is 5.43 Å². The van der Waals surface area contributed by atoms with Crippen LogP contribution in [0.5, 0.6) is 0 Å². The standard InChI is InChI=1S/C13H9BrF3N3O2S/c14-10-9(4-5-23-10)11(21)19-20(12(18)22)8-3-1-2-7(6-8)13(15,16)17/h1-6H,(H2,18,22)(H,19,21). The fourth-order valence-corrected chi connectivity index (χ4v) is 2.93. The molecule has 0 spiro atoms. The Morgan fingerprint density at radius 3 is 2.48 bits per heavy atom. The molecular weight excluding hydrogens is 399 g/mol. The second-order valence-electron chi connectivity index (χ2n) is 4.27. The minimum absolute atomic E-state index is 0.202. The SMILES string of the molecule is NC(=O)N(NC(=O)c1ccsc1Br)c1cccc(C(F)(F)F)c1. The second-order valence-corrected chi connectivity index (χ2v) is 6.50. The molecule has 0 unspecified atom stereocenters. The average Bonchev–Trinajstić information content (AvgIpc) is 2.89. The first kappa shape index (κ1) is 17.3. The Labute approximate surface area is 141 Å². The van der Waals surface area contributed by atoms with E-state index in [-0.39, 0.29) is 11.3 Å². The average molecular weight is 408 g/mol. The summed E-state index contributed by atoms with van der Waals surface area (Å²) < 4.78 is 38.7. The van der Waals surface area contributed by atoms with Gasteiger partial charge in [0.2, 0.25) is 0 Å². The maximum atomic E-state index is 12.7. The zero-order valence-electron chi connectivity index (χ0n) is 11.2. The number of hydrogen-bond acceptors (Lipinski definition) is 3. The molecule has 0 aliphatic rings. The van der Waals surface area contributed by atoms with Gasteiger partial charge >= 0.3 is 12.2 Å². The van der Waals surface area contributed by atoms with Crippen LogP contribution in [0.25, 0.3) is 0 Å². The normalized spacial score (nSPS) is 11.1. The molecule has 1 aromatic heterocycles. The number of nitrogens with one attached hydrogen (secondary N) is 1. The number of benzene rings is 1. The first-order valence-electron chi connectivity index (χ1n) is 6.01. The molecule has 0 radical (unpaired) electrons. The highest BCUT2D eigenvalue weighted by atomic mass is 79.9. The van der Waals surface area contributed by atoms with Gasteiger partial charge in [-0.3, -0.25) is 10.2 Å². The van der Waals surface area contributed by atoms with Crippen LogP contribution in [0.3, 0.4) is 0 Å². The van der Waals surface area contributed by atoms with Crippen molar-refractivity contribution >= 4 is 44.9 Å². The molecule has 2 aromatic rings. The zero-order valence-corrected chi connectivity index (χ0v) is 13.6. The lowest BCUT2D eigenvalue weighted by molar-refractivity contribution is -0.137. The Kier molecular flexibility index (Phi) is 4.95. The molecule has 0 saturated carbocycles. The molecular formula is C13H9BrF3N3O2S. The molecule has 5 nitrogen and oxygen atoms in total. The first-order chi connectivity index (χ1) is 10.7. The van der Waals surface area contributed by atoms with Gasteiger partial charge in [0.25, 0.3) is 5.91 Å². The molecule has 0 bridgehead atoms. The van der Waals surface area contributed by atoms with Crippen molar-refractivity contribution in [3.05, 3.63) is 50.6 Å². The quantitative estimate of drug-likeness (QED) is 0.743. The largest absolute Gasteiger partial charge is 0.416 e. The molecule has 0 aliphatic heterocycles. The van der Waals surface area contributed by atoms with Gasteiger partial charge in [0.05, 0.1) is 20.6 Å². The minimum atomic E-state index is -4.58. The van der Waals surface area contributed by atoms with Crippen molar-refractivity contribution < 1.29 is 22.8 Å². The number of alkyl halides is 3. The summed E-state index contributed by atoms with van der Waals surface area (Å²) in [6.07, 6.45) is -4.58. The summed E-state index contributed by atoms with van der Waals surface area (Å²) in [5, 5.41) is 2.19. The van der Waals surface area contributed by atoms with Crippen LogP contribution in [0.2, 0.25) is 0 Å². The lowest BCUT2D eigenvalue weighted by Crippen LogP contribution is -2.49. The lowest BCUT2D eigenvalue weighted by Gasteiger charge is -2.22. The fraction of sp³-hybridized carbons (Fsp3) is 0.0769. The van der Waals surface area contributed by atoms with E-state index in [4.69, 9.17) is 5.73 Å². The molecule has 0 fully saturated rings. The van der Waals surface area contributed by atoms with E-state index >= 15 is 0 Å². The van der Waals surface area contributed by atoms with E-state index in [9.17, 15) is 22.8 Å². The van der Waals surface area contributed by atoms with Crippen LogP contribution in [0.4, 0.5) is 23.7 Å². The molecule has 3 amide bonds. The Bertz CT molecular complexity index is 748. The second kappa shape index (κ2) is 6.59. The molecule has 1 heterocycles. The Morgan fingerprint density at radius 2 is 1.96 bits per heavy atom.